The lowest BCUT2D eigenvalue weighted by atomic mass is 10.1. The summed E-state index contributed by atoms with van der Waals surface area (Å²) in [6, 6.07) is 2.34. The smallest absolute Gasteiger partial charge is 0.133 e. The molecule has 1 aliphatic heterocycles. The third kappa shape index (κ3) is 1.62. The molecule has 4 heteroatoms. The Labute approximate surface area is 76.3 Å². The quantitative estimate of drug-likeness (QED) is 0.626. The number of alkyl halides is 1. The minimum absolute atomic E-state index is 0.145. The summed E-state index contributed by atoms with van der Waals surface area (Å²) >= 11 is 5.86. The number of rotatable bonds is 1. The number of hydrogen-bond donors (Lipinski definition) is 0. The molecule has 2 heterocycles. The van der Waals surface area contributed by atoms with Crippen molar-refractivity contribution < 1.29 is 4.74 Å². The highest BCUT2D eigenvalue weighted by molar-refractivity contribution is 6.19. The maximum absolute atomic E-state index is 5.86. The van der Waals surface area contributed by atoms with E-state index >= 15 is 0 Å². The van der Waals surface area contributed by atoms with Crippen LogP contribution in [0, 0.1) is 0 Å². The lowest BCUT2D eigenvalue weighted by molar-refractivity contribution is 0.0397. The first-order valence-electron chi connectivity index (χ1n) is 4.11. The van der Waals surface area contributed by atoms with Crippen molar-refractivity contribution in [1.82, 2.24) is 9.78 Å². The highest BCUT2D eigenvalue weighted by Crippen LogP contribution is 2.25. The lowest BCUT2D eigenvalue weighted by Gasteiger charge is -2.25. The van der Waals surface area contributed by atoms with Gasteiger partial charge in [-0.15, -0.1) is 0 Å². The van der Waals surface area contributed by atoms with E-state index in [0.717, 1.165) is 19.4 Å². The van der Waals surface area contributed by atoms with Gasteiger partial charge >= 0.3 is 0 Å². The zero-order chi connectivity index (χ0) is 8.39. The molecule has 1 aromatic heterocycles. The van der Waals surface area contributed by atoms with Crippen molar-refractivity contribution in [1.29, 1.82) is 0 Å². The fourth-order valence-corrected chi connectivity index (χ4v) is 1.76. The normalized spacial score (nSPS) is 30.4. The average molecular weight is 187 g/mol. The van der Waals surface area contributed by atoms with Crippen molar-refractivity contribution in [3.63, 3.8) is 0 Å². The number of nitrogens with zero attached hydrogens (tertiary/aromatic N) is 2. The van der Waals surface area contributed by atoms with Crippen LogP contribution >= 0.6 is 11.6 Å². The molecule has 1 fully saturated rings. The molecule has 0 N–H and O–H groups in total. The SMILES string of the molecule is ClC1CC(n2cccn2)CCO1. The van der Waals surface area contributed by atoms with E-state index in [-0.39, 0.29) is 5.56 Å². The van der Waals surface area contributed by atoms with Crippen LogP contribution in [0.15, 0.2) is 18.5 Å². The third-order valence-corrected chi connectivity index (χ3v) is 2.41. The van der Waals surface area contributed by atoms with Gasteiger partial charge in [0.2, 0.25) is 0 Å². The van der Waals surface area contributed by atoms with E-state index in [1.54, 1.807) is 6.20 Å². The van der Waals surface area contributed by atoms with Crippen LogP contribution < -0.4 is 0 Å². The molecular formula is C8H11ClN2O. The number of hydrogen-bond acceptors (Lipinski definition) is 2. The van der Waals surface area contributed by atoms with Gasteiger partial charge in [-0.25, -0.2) is 0 Å². The molecule has 2 atom stereocenters. The lowest BCUT2D eigenvalue weighted by Crippen LogP contribution is -2.24. The largest absolute Gasteiger partial charge is 0.362 e. The van der Waals surface area contributed by atoms with Crippen molar-refractivity contribution in [2.45, 2.75) is 24.4 Å². The molecule has 12 heavy (non-hydrogen) atoms. The zero-order valence-electron chi connectivity index (χ0n) is 6.69. The Morgan fingerprint density at radius 1 is 1.58 bits per heavy atom. The summed E-state index contributed by atoms with van der Waals surface area (Å²) in [4.78, 5) is 0. The topological polar surface area (TPSA) is 27.1 Å². The van der Waals surface area contributed by atoms with Gasteiger partial charge < -0.3 is 4.74 Å². The second kappa shape index (κ2) is 3.46. The fraction of sp³-hybridized carbons (Fsp3) is 0.625. The second-order valence-electron chi connectivity index (χ2n) is 2.95. The maximum atomic E-state index is 5.86. The molecule has 0 aliphatic carbocycles. The predicted molar refractivity (Wildman–Crippen MR) is 46.1 cm³/mol. The summed E-state index contributed by atoms with van der Waals surface area (Å²) in [5, 5.41) is 4.18. The van der Waals surface area contributed by atoms with Gasteiger partial charge in [0.1, 0.15) is 5.56 Å². The van der Waals surface area contributed by atoms with Gasteiger partial charge in [0.25, 0.3) is 0 Å². The molecule has 2 unspecified atom stereocenters. The Morgan fingerprint density at radius 2 is 2.50 bits per heavy atom. The zero-order valence-corrected chi connectivity index (χ0v) is 7.44. The van der Waals surface area contributed by atoms with Crippen LogP contribution in [0.4, 0.5) is 0 Å². The number of aromatic nitrogens is 2. The van der Waals surface area contributed by atoms with Gasteiger partial charge in [0.15, 0.2) is 0 Å². The predicted octanol–water partition coefficient (Wildman–Crippen LogP) is 1.80. The van der Waals surface area contributed by atoms with Crippen molar-refractivity contribution >= 4 is 11.6 Å². The minimum Gasteiger partial charge on any atom is -0.362 e. The monoisotopic (exact) mass is 186 g/mol. The Balaban J connectivity index is 2.04. The fourth-order valence-electron chi connectivity index (χ4n) is 1.47. The van der Waals surface area contributed by atoms with Crippen LogP contribution in [0.3, 0.4) is 0 Å². The van der Waals surface area contributed by atoms with E-state index in [4.69, 9.17) is 16.3 Å². The molecule has 1 aliphatic rings. The molecule has 0 bridgehead atoms. The summed E-state index contributed by atoms with van der Waals surface area (Å²) in [7, 11) is 0. The Hall–Kier alpha value is -0.540. The van der Waals surface area contributed by atoms with E-state index < -0.39 is 0 Å². The number of halogens is 1. The summed E-state index contributed by atoms with van der Waals surface area (Å²) in [6.07, 6.45) is 5.62. The van der Waals surface area contributed by atoms with Crippen molar-refractivity contribution in [3.05, 3.63) is 18.5 Å². The molecular weight excluding hydrogens is 176 g/mol. The second-order valence-corrected chi connectivity index (χ2v) is 3.43. The molecule has 0 spiro atoms. The molecule has 66 valence electrons. The highest BCUT2D eigenvalue weighted by atomic mass is 35.5. The first-order chi connectivity index (χ1) is 5.86. The van der Waals surface area contributed by atoms with Crippen LogP contribution in [0.25, 0.3) is 0 Å². The van der Waals surface area contributed by atoms with Crippen molar-refractivity contribution in [2.24, 2.45) is 0 Å². The standard InChI is InChI=1S/C8H11ClN2O/c9-8-6-7(2-5-12-8)11-4-1-3-10-11/h1,3-4,7-8H,2,5-6H2. The highest BCUT2D eigenvalue weighted by Gasteiger charge is 2.21. The molecule has 2 rings (SSSR count). The van der Waals surface area contributed by atoms with E-state index in [1.807, 2.05) is 16.9 Å². The summed E-state index contributed by atoms with van der Waals surface area (Å²) in [5.41, 5.74) is -0.145. The van der Waals surface area contributed by atoms with E-state index in [9.17, 15) is 0 Å². The van der Waals surface area contributed by atoms with Crippen LogP contribution in [0.5, 0.6) is 0 Å². The van der Waals surface area contributed by atoms with Crippen LogP contribution in [-0.4, -0.2) is 22.0 Å². The number of ether oxygens (including phenoxy) is 1. The van der Waals surface area contributed by atoms with Gasteiger partial charge in [0, 0.05) is 18.8 Å². The maximum Gasteiger partial charge on any atom is 0.133 e. The van der Waals surface area contributed by atoms with Gasteiger partial charge in [0.05, 0.1) is 12.6 Å². The van der Waals surface area contributed by atoms with E-state index in [2.05, 4.69) is 5.10 Å². The van der Waals surface area contributed by atoms with Crippen molar-refractivity contribution in [2.75, 3.05) is 6.61 Å². The molecule has 3 nitrogen and oxygen atoms in total. The van der Waals surface area contributed by atoms with Gasteiger partial charge in [-0.05, 0) is 12.5 Å². The third-order valence-electron chi connectivity index (χ3n) is 2.11. The molecule has 1 saturated heterocycles. The Kier molecular flexibility index (Phi) is 2.33. The molecule has 1 aromatic rings. The van der Waals surface area contributed by atoms with Crippen LogP contribution in [-0.2, 0) is 4.74 Å². The Bertz CT molecular complexity index is 237. The first-order valence-corrected chi connectivity index (χ1v) is 4.55. The summed E-state index contributed by atoms with van der Waals surface area (Å²) in [5.74, 6) is 0. The minimum atomic E-state index is -0.145. The van der Waals surface area contributed by atoms with Crippen molar-refractivity contribution in [3.8, 4) is 0 Å². The van der Waals surface area contributed by atoms with E-state index in [0.29, 0.717) is 6.04 Å². The first kappa shape index (κ1) is 8.08. The van der Waals surface area contributed by atoms with Gasteiger partial charge in [-0.2, -0.15) is 5.10 Å². The molecule has 0 radical (unpaired) electrons. The van der Waals surface area contributed by atoms with Gasteiger partial charge in [-0.3, -0.25) is 4.68 Å². The van der Waals surface area contributed by atoms with E-state index in [1.165, 1.54) is 0 Å². The van der Waals surface area contributed by atoms with Crippen LogP contribution in [0.2, 0.25) is 0 Å². The Morgan fingerprint density at radius 3 is 3.17 bits per heavy atom. The molecule has 0 aromatic carbocycles. The summed E-state index contributed by atoms with van der Waals surface area (Å²) < 4.78 is 7.19. The van der Waals surface area contributed by atoms with Gasteiger partial charge in [-0.1, -0.05) is 11.6 Å². The average Bonchev–Trinajstić information content (AvgIpc) is 2.56. The molecule has 0 saturated carbocycles. The molecule has 0 amide bonds. The van der Waals surface area contributed by atoms with Crippen LogP contribution in [0.1, 0.15) is 18.9 Å². The summed E-state index contributed by atoms with van der Waals surface area (Å²) in [6.45, 7) is 0.735.